The average molecular weight is 337 g/mol. The van der Waals surface area contributed by atoms with Crippen molar-refractivity contribution in [3.05, 3.63) is 28.3 Å². The van der Waals surface area contributed by atoms with Gasteiger partial charge in [-0.25, -0.2) is 9.69 Å². The molecule has 3 atom stereocenters. The van der Waals surface area contributed by atoms with Crippen molar-refractivity contribution in [2.75, 3.05) is 12.0 Å². The summed E-state index contributed by atoms with van der Waals surface area (Å²) >= 11 is 6.20. The molecule has 0 aromatic heterocycles. The highest BCUT2D eigenvalue weighted by Gasteiger charge is 2.61. The van der Waals surface area contributed by atoms with Crippen LogP contribution in [0.2, 0.25) is 5.02 Å². The van der Waals surface area contributed by atoms with Gasteiger partial charge in [-0.1, -0.05) is 11.6 Å². The zero-order chi connectivity index (χ0) is 16.8. The number of ether oxygens (including phenoxy) is 2. The molecule has 3 rings (SSSR count). The normalized spacial score (nSPS) is 29.9. The Bertz CT molecular complexity index is 702. The van der Waals surface area contributed by atoms with Crippen LogP contribution >= 0.6 is 11.6 Å². The van der Waals surface area contributed by atoms with Gasteiger partial charge in [-0.15, -0.1) is 0 Å². The van der Waals surface area contributed by atoms with Gasteiger partial charge < -0.3 is 14.6 Å². The Morgan fingerprint density at radius 3 is 2.87 bits per heavy atom. The summed E-state index contributed by atoms with van der Waals surface area (Å²) in [4.78, 5) is 13.8. The van der Waals surface area contributed by atoms with Crippen molar-refractivity contribution in [3.63, 3.8) is 0 Å². The van der Waals surface area contributed by atoms with Crippen molar-refractivity contribution >= 4 is 23.4 Å². The predicted molar refractivity (Wildman–Crippen MR) is 83.2 cm³/mol. The van der Waals surface area contributed by atoms with Gasteiger partial charge in [0.15, 0.2) is 11.8 Å². The second-order valence-electron chi connectivity index (χ2n) is 5.87. The predicted octanol–water partition coefficient (Wildman–Crippen LogP) is 2.73. The molecule has 1 amide bonds. The van der Waals surface area contributed by atoms with E-state index in [-0.39, 0.29) is 0 Å². The lowest BCUT2D eigenvalue weighted by atomic mass is 9.96. The molecule has 1 spiro atoms. The lowest BCUT2D eigenvalue weighted by Gasteiger charge is -2.33. The number of aliphatic hydroxyl groups is 1. The first-order chi connectivity index (χ1) is 11.0. The van der Waals surface area contributed by atoms with E-state index in [9.17, 15) is 9.90 Å². The number of methoxy groups -OCH3 is 1. The van der Waals surface area contributed by atoms with Crippen LogP contribution in [-0.4, -0.2) is 36.2 Å². The lowest BCUT2D eigenvalue weighted by molar-refractivity contribution is -0.107. The van der Waals surface area contributed by atoms with Crippen molar-refractivity contribution in [2.24, 2.45) is 0 Å². The molecule has 1 aromatic rings. The number of hydrogen-bond donors (Lipinski definition) is 1. The summed E-state index contributed by atoms with van der Waals surface area (Å²) in [7, 11) is 1.48. The molecular weight excluding hydrogens is 320 g/mol. The van der Waals surface area contributed by atoms with Crippen LogP contribution in [0.25, 0.3) is 0 Å². The van der Waals surface area contributed by atoms with E-state index in [4.69, 9.17) is 26.3 Å². The van der Waals surface area contributed by atoms with E-state index in [1.54, 1.807) is 19.1 Å². The fraction of sp³-hybridized carbons (Fsp3) is 0.500. The van der Waals surface area contributed by atoms with Crippen LogP contribution in [0.4, 0.5) is 10.5 Å². The molecule has 0 bridgehead atoms. The number of anilines is 1. The van der Waals surface area contributed by atoms with Crippen molar-refractivity contribution in [3.8, 4) is 6.07 Å². The monoisotopic (exact) mass is 336 g/mol. The van der Waals surface area contributed by atoms with Crippen molar-refractivity contribution in [1.82, 2.24) is 0 Å². The maximum atomic E-state index is 12.5. The van der Waals surface area contributed by atoms with E-state index in [0.717, 1.165) is 6.42 Å². The molecule has 0 radical (unpaired) electrons. The summed E-state index contributed by atoms with van der Waals surface area (Å²) in [6.07, 6.45) is -0.228. The molecular formula is C16H17ClN2O4. The average Bonchev–Trinajstić information content (AvgIpc) is 3.03. The van der Waals surface area contributed by atoms with E-state index in [1.807, 2.05) is 6.07 Å². The maximum Gasteiger partial charge on any atom is 0.417 e. The largest absolute Gasteiger partial charge is 0.435 e. The Hall–Kier alpha value is -1.81. The summed E-state index contributed by atoms with van der Waals surface area (Å²) in [6, 6.07) is 5.21. The first-order valence-corrected chi connectivity index (χ1v) is 7.76. The molecule has 6 nitrogen and oxygen atoms in total. The first kappa shape index (κ1) is 16.1. The minimum Gasteiger partial charge on any atom is -0.435 e. The van der Waals surface area contributed by atoms with Gasteiger partial charge in [0, 0.05) is 7.11 Å². The number of nitrogens with zero attached hydrogens (tertiary/aromatic N) is 2. The number of carbonyl (C=O) groups excluding carboxylic acids is 1. The van der Waals surface area contributed by atoms with Crippen molar-refractivity contribution < 1.29 is 19.4 Å². The summed E-state index contributed by atoms with van der Waals surface area (Å²) in [6.45, 7) is 1.73. The number of rotatable bonds is 2. The standard InChI is InChI=1S/C16H17ClN2O4/c1-9-11(6-5-10(8-18)13(9)17)19-14(22-2)16(23-15(19)21)7-3-4-12(16)20/h5-6,12,14,20H,3-4,7H2,1-2H3/t12-,14+,16?/m1/s1. The molecule has 1 saturated heterocycles. The highest BCUT2D eigenvalue weighted by Crippen LogP contribution is 2.46. The molecule has 1 aliphatic heterocycles. The van der Waals surface area contributed by atoms with Crippen LogP contribution in [0.15, 0.2) is 12.1 Å². The van der Waals surface area contributed by atoms with Crippen LogP contribution in [-0.2, 0) is 9.47 Å². The van der Waals surface area contributed by atoms with Crippen LogP contribution in [0.1, 0.15) is 30.4 Å². The van der Waals surface area contributed by atoms with Crippen LogP contribution in [0, 0.1) is 18.3 Å². The number of carbonyl (C=O) groups is 1. The molecule has 2 fully saturated rings. The number of hydrogen-bond acceptors (Lipinski definition) is 5. The molecule has 122 valence electrons. The third-order valence-electron chi connectivity index (χ3n) is 4.70. The third-order valence-corrected chi connectivity index (χ3v) is 5.18. The smallest absolute Gasteiger partial charge is 0.417 e. The Balaban J connectivity index is 2.08. The minimum atomic E-state index is -1.06. The van der Waals surface area contributed by atoms with E-state index in [0.29, 0.717) is 34.7 Å². The fourth-order valence-corrected chi connectivity index (χ4v) is 3.72. The number of aliphatic hydroxyl groups excluding tert-OH is 1. The molecule has 23 heavy (non-hydrogen) atoms. The molecule has 1 aromatic carbocycles. The Morgan fingerprint density at radius 2 is 2.30 bits per heavy atom. The Labute approximate surface area is 139 Å². The van der Waals surface area contributed by atoms with E-state index < -0.39 is 24.0 Å². The topological polar surface area (TPSA) is 82.8 Å². The highest BCUT2D eigenvalue weighted by atomic mass is 35.5. The van der Waals surface area contributed by atoms with Gasteiger partial charge in [-0.3, -0.25) is 0 Å². The molecule has 1 saturated carbocycles. The number of amides is 1. The molecule has 1 aliphatic carbocycles. The molecule has 1 heterocycles. The zero-order valence-electron chi connectivity index (χ0n) is 12.9. The van der Waals surface area contributed by atoms with Gasteiger partial charge in [0.25, 0.3) is 0 Å². The first-order valence-electron chi connectivity index (χ1n) is 7.38. The van der Waals surface area contributed by atoms with Crippen molar-refractivity contribution in [1.29, 1.82) is 5.26 Å². The van der Waals surface area contributed by atoms with E-state index in [2.05, 4.69) is 0 Å². The highest BCUT2D eigenvalue weighted by molar-refractivity contribution is 6.33. The number of halogens is 1. The van der Waals surface area contributed by atoms with Crippen molar-refractivity contribution in [2.45, 2.75) is 44.1 Å². The molecule has 7 heteroatoms. The molecule has 1 unspecified atom stereocenters. The second-order valence-corrected chi connectivity index (χ2v) is 6.25. The summed E-state index contributed by atoms with van der Waals surface area (Å²) in [5, 5.41) is 19.7. The zero-order valence-corrected chi connectivity index (χ0v) is 13.6. The SMILES string of the molecule is CO[C@@H]1N(c2ccc(C#N)c(Cl)c2C)C(=O)OC12CCC[C@H]2O. The van der Waals surface area contributed by atoms with Crippen LogP contribution in [0.3, 0.4) is 0 Å². The molecule has 2 aliphatic rings. The van der Waals surface area contributed by atoms with Crippen LogP contribution in [0.5, 0.6) is 0 Å². The maximum absolute atomic E-state index is 12.5. The third kappa shape index (κ3) is 2.19. The Morgan fingerprint density at radius 1 is 1.57 bits per heavy atom. The summed E-state index contributed by atoms with van der Waals surface area (Å²) < 4.78 is 11.1. The van der Waals surface area contributed by atoms with Gasteiger partial charge in [-0.05, 0) is 43.9 Å². The van der Waals surface area contributed by atoms with Gasteiger partial charge in [0.2, 0.25) is 0 Å². The van der Waals surface area contributed by atoms with E-state index >= 15 is 0 Å². The lowest BCUT2D eigenvalue weighted by Crippen LogP contribution is -2.51. The molecule has 1 N–H and O–H groups in total. The fourth-order valence-electron chi connectivity index (χ4n) is 3.52. The number of nitriles is 1. The summed E-state index contributed by atoms with van der Waals surface area (Å²) in [5.41, 5.74) is 0.389. The minimum absolute atomic E-state index is 0.292. The van der Waals surface area contributed by atoms with Gasteiger partial charge in [0.05, 0.1) is 22.4 Å². The van der Waals surface area contributed by atoms with Gasteiger partial charge in [0.1, 0.15) is 6.07 Å². The van der Waals surface area contributed by atoms with Gasteiger partial charge in [-0.2, -0.15) is 5.26 Å². The second kappa shape index (κ2) is 5.68. The van der Waals surface area contributed by atoms with E-state index in [1.165, 1.54) is 12.0 Å². The quantitative estimate of drug-likeness (QED) is 0.897. The summed E-state index contributed by atoms with van der Waals surface area (Å²) in [5.74, 6) is 0. The van der Waals surface area contributed by atoms with Crippen LogP contribution < -0.4 is 4.90 Å². The number of benzene rings is 1. The van der Waals surface area contributed by atoms with Gasteiger partial charge >= 0.3 is 6.09 Å². The Kier molecular flexibility index (Phi) is 3.96.